The molecule has 1 aliphatic rings. The van der Waals surface area contributed by atoms with Crippen LogP contribution in [-0.4, -0.2) is 42.9 Å². The number of ketones is 1. The molecular weight excluding hydrogens is 342 g/mol. The molecular formula is C22H25NO4. The zero-order valence-electron chi connectivity index (χ0n) is 15.6. The van der Waals surface area contributed by atoms with Gasteiger partial charge < -0.3 is 14.4 Å². The summed E-state index contributed by atoms with van der Waals surface area (Å²) in [5, 5.41) is 0. The normalized spacial score (nSPS) is 16.6. The molecule has 5 heteroatoms. The number of carbonyl (C=O) groups excluding carboxylic acids is 2. The highest BCUT2D eigenvalue weighted by Crippen LogP contribution is 2.20. The molecule has 1 fully saturated rings. The lowest BCUT2D eigenvalue weighted by molar-refractivity contribution is -0.133. The molecule has 0 spiro atoms. The number of rotatable bonds is 7. The third kappa shape index (κ3) is 5.33. The molecule has 0 bridgehead atoms. The quantitative estimate of drug-likeness (QED) is 0.700. The number of methoxy groups -OCH3 is 1. The number of amides is 1. The number of nitrogens with zero attached hydrogens (tertiary/aromatic N) is 1. The van der Waals surface area contributed by atoms with Crippen LogP contribution in [0.5, 0.6) is 11.5 Å². The molecule has 1 aliphatic heterocycles. The van der Waals surface area contributed by atoms with Crippen molar-refractivity contribution >= 4 is 11.7 Å². The number of likely N-dealkylation sites (tertiary alicyclic amines) is 1. The van der Waals surface area contributed by atoms with Crippen LogP contribution in [0.25, 0.3) is 0 Å². The van der Waals surface area contributed by atoms with Gasteiger partial charge in [0, 0.05) is 24.9 Å². The van der Waals surface area contributed by atoms with Crippen molar-refractivity contribution in [2.45, 2.75) is 31.8 Å². The SMILES string of the molecule is COc1cccc(C(=O)CCC(=O)N2CCCC(Oc3ccccc3)C2)c1. The molecule has 27 heavy (non-hydrogen) atoms. The van der Waals surface area contributed by atoms with E-state index in [1.165, 1.54) is 0 Å². The number of para-hydroxylation sites is 1. The van der Waals surface area contributed by atoms with Gasteiger partial charge in [-0.05, 0) is 37.1 Å². The van der Waals surface area contributed by atoms with Gasteiger partial charge in [0.2, 0.25) is 5.91 Å². The monoisotopic (exact) mass is 367 g/mol. The molecule has 1 saturated heterocycles. The van der Waals surface area contributed by atoms with E-state index in [2.05, 4.69) is 0 Å². The second-order valence-corrected chi connectivity index (χ2v) is 6.69. The van der Waals surface area contributed by atoms with Crippen LogP contribution in [0, 0.1) is 0 Å². The fourth-order valence-corrected chi connectivity index (χ4v) is 3.27. The lowest BCUT2D eigenvalue weighted by Crippen LogP contribution is -2.44. The Balaban J connectivity index is 1.50. The molecule has 1 unspecified atom stereocenters. The van der Waals surface area contributed by atoms with Crippen molar-refractivity contribution < 1.29 is 19.1 Å². The van der Waals surface area contributed by atoms with Crippen molar-refractivity contribution in [2.24, 2.45) is 0 Å². The summed E-state index contributed by atoms with van der Waals surface area (Å²) < 4.78 is 11.1. The Morgan fingerprint density at radius 1 is 1.04 bits per heavy atom. The first-order chi connectivity index (χ1) is 13.2. The van der Waals surface area contributed by atoms with Crippen molar-refractivity contribution in [3.8, 4) is 11.5 Å². The summed E-state index contributed by atoms with van der Waals surface area (Å²) in [6.07, 6.45) is 2.26. The third-order valence-electron chi connectivity index (χ3n) is 4.73. The van der Waals surface area contributed by atoms with E-state index in [0.29, 0.717) is 17.9 Å². The van der Waals surface area contributed by atoms with E-state index < -0.39 is 0 Å². The molecule has 1 atom stereocenters. The molecule has 142 valence electrons. The Kier molecular flexibility index (Phi) is 6.47. The van der Waals surface area contributed by atoms with Crippen LogP contribution in [0.2, 0.25) is 0 Å². The summed E-state index contributed by atoms with van der Waals surface area (Å²) in [6.45, 7) is 1.29. The summed E-state index contributed by atoms with van der Waals surface area (Å²) in [4.78, 5) is 26.7. The number of ether oxygens (including phenoxy) is 2. The number of benzene rings is 2. The molecule has 5 nitrogen and oxygen atoms in total. The second kappa shape index (κ2) is 9.21. The molecule has 0 saturated carbocycles. The van der Waals surface area contributed by atoms with Gasteiger partial charge >= 0.3 is 0 Å². The summed E-state index contributed by atoms with van der Waals surface area (Å²) in [5.74, 6) is 1.43. The molecule has 0 aromatic heterocycles. The Hall–Kier alpha value is -2.82. The zero-order chi connectivity index (χ0) is 19.1. The maximum atomic E-state index is 12.5. The van der Waals surface area contributed by atoms with Gasteiger partial charge in [0.1, 0.15) is 17.6 Å². The highest BCUT2D eigenvalue weighted by atomic mass is 16.5. The first-order valence-electron chi connectivity index (χ1n) is 9.32. The van der Waals surface area contributed by atoms with Gasteiger partial charge in [-0.15, -0.1) is 0 Å². The lowest BCUT2D eigenvalue weighted by Gasteiger charge is -2.33. The van der Waals surface area contributed by atoms with Crippen molar-refractivity contribution in [2.75, 3.05) is 20.2 Å². The molecule has 3 rings (SSSR count). The Labute approximate surface area is 159 Å². The lowest BCUT2D eigenvalue weighted by atomic mass is 10.0. The minimum Gasteiger partial charge on any atom is -0.497 e. The van der Waals surface area contributed by atoms with Crippen molar-refractivity contribution in [1.29, 1.82) is 0 Å². The molecule has 0 N–H and O–H groups in total. The first kappa shape index (κ1) is 19.0. The smallest absolute Gasteiger partial charge is 0.223 e. The van der Waals surface area contributed by atoms with Gasteiger partial charge in [-0.3, -0.25) is 9.59 Å². The van der Waals surface area contributed by atoms with Crippen LogP contribution >= 0.6 is 0 Å². The molecule has 2 aromatic carbocycles. The minimum atomic E-state index is -0.0451. The molecule has 0 aliphatic carbocycles. The maximum absolute atomic E-state index is 12.5. The molecule has 2 aromatic rings. The van der Waals surface area contributed by atoms with E-state index in [1.807, 2.05) is 35.2 Å². The number of hydrogen-bond acceptors (Lipinski definition) is 4. The van der Waals surface area contributed by atoms with Gasteiger partial charge in [-0.1, -0.05) is 30.3 Å². The Bertz CT molecular complexity index is 775. The second-order valence-electron chi connectivity index (χ2n) is 6.69. The van der Waals surface area contributed by atoms with E-state index in [4.69, 9.17) is 9.47 Å². The summed E-state index contributed by atoms with van der Waals surface area (Å²) in [5.41, 5.74) is 0.575. The van der Waals surface area contributed by atoms with E-state index >= 15 is 0 Å². The van der Waals surface area contributed by atoms with Crippen LogP contribution < -0.4 is 9.47 Å². The average molecular weight is 367 g/mol. The van der Waals surface area contributed by atoms with E-state index in [-0.39, 0.29) is 30.6 Å². The predicted octanol–water partition coefficient (Wildman–Crippen LogP) is 3.73. The number of hydrogen-bond donors (Lipinski definition) is 0. The number of carbonyl (C=O) groups is 2. The topological polar surface area (TPSA) is 55.8 Å². The van der Waals surface area contributed by atoms with Crippen molar-refractivity contribution in [1.82, 2.24) is 4.90 Å². The highest BCUT2D eigenvalue weighted by Gasteiger charge is 2.25. The number of Topliss-reactive ketones (excluding diaryl/α,β-unsaturated/α-hetero) is 1. The summed E-state index contributed by atoms with van der Waals surface area (Å²) in [6, 6.07) is 16.7. The predicted molar refractivity (Wildman–Crippen MR) is 103 cm³/mol. The Morgan fingerprint density at radius 2 is 1.81 bits per heavy atom. The minimum absolute atomic E-state index is 0.000754. The van der Waals surface area contributed by atoms with Gasteiger partial charge in [-0.2, -0.15) is 0 Å². The number of piperidine rings is 1. The van der Waals surface area contributed by atoms with Gasteiger partial charge in [0.25, 0.3) is 0 Å². The van der Waals surface area contributed by atoms with Crippen LogP contribution in [0.15, 0.2) is 54.6 Å². The van der Waals surface area contributed by atoms with Crippen molar-refractivity contribution in [3.05, 3.63) is 60.2 Å². The summed E-state index contributed by atoms with van der Waals surface area (Å²) >= 11 is 0. The first-order valence-corrected chi connectivity index (χ1v) is 9.32. The van der Waals surface area contributed by atoms with Gasteiger partial charge in [-0.25, -0.2) is 0 Å². The van der Waals surface area contributed by atoms with Crippen LogP contribution in [0.4, 0.5) is 0 Å². The van der Waals surface area contributed by atoms with Gasteiger partial charge in [0.05, 0.1) is 13.7 Å². The highest BCUT2D eigenvalue weighted by molar-refractivity contribution is 5.98. The third-order valence-corrected chi connectivity index (χ3v) is 4.73. The average Bonchev–Trinajstić information content (AvgIpc) is 2.72. The largest absolute Gasteiger partial charge is 0.497 e. The van der Waals surface area contributed by atoms with Crippen LogP contribution in [-0.2, 0) is 4.79 Å². The standard InChI is InChI=1S/C22H25NO4/c1-26-19-10-5-7-17(15-19)21(24)12-13-22(25)23-14-6-11-20(16-23)27-18-8-3-2-4-9-18/h2-5,7-10,15,20H,6,11-14,16H2,1H3. The maximum Gasteiger partial charge on any atom is 0.223 e. The van der Waals surface area contributed by atoms with E-state index in [1.54, 1.807) is 31.4 Å². The van der Waals surface area contributed by atoms with E-state index in [9.17, 15) is 9.59 Å². The van der Waals surface area contributed by atoms with E-state index in [0.717, 1.165) is 25.1 Å². The fourth-order valence-electron chi connectivity index (χ4n) is 3.27. The fraction of sp³-hybridized carbons (Fsp3) is 0.364. The summed E-state index contributed by atoms with van der Waals surface area (Å²) in [7, 11) is 1.57. The zero-order valence-corrected chi connectivity index (χ0v) is 15.6. The van der Waals surface area contributed by atoms with Crippen LogP contribution in [0.1, 0.15) is 36.0 Å². The molecule has 0 radical (unpaired) electrons. The van der Waals surface area contributed by atoms with Gasteiger partial charge in [0.15, 0.2) is 5.78 Å². The Morgan fingerprint density at radius 3 is 2.59 bits per heavy atom. The molecule has 1 amide bonds. The van der Waals surface area contributed by atoms with Crippen molar-refractivity contribution in [3.63, 3.8) is 0 Å². The molecule has 1 heterocycles. The van der Waals surface area contributed by atoms with Crippen LogP contribution in [0.3, 0.4) is 0 Å².